The van der Waals surface area contributed by atoms with Crippen LogP contribution in [0.3, 0.4) is 0 Å². The van der Waals surface area contributed by atoms with Crippen LogP contribution in [0.5, 0.6) is 0 Å². The van der Waals surface area contributed by atoms with E-state index in [1.807, 2.05) is 6.92 Å². The SMILES string of the molecule is CCCc1nnsc1C(=O)N1CC2CC1C(=O)O2. The van der Waals surface area contributed by atoms with Crippen molar-refractivity contribution in [1.82, 2.24) is 14.5 Å². The second-order valence-corrected chi connectivity index (χ2v) is 5.32. The minimum absolute atomic E-state index is 0.123. The first-order valence-corrected chi connectivity index (χ1v) is 6.80. The lowest BCUT2D eigenvalue weighted by Gasteiger charge is -2.25. The average Bonchev–Trinajstić information content (AvgIpc) is 3.02. The molecule has 2 atom stereocenters. The molecule has 2 aliphatic rings. The molecule has 3 heterocycles. The topological polar surface area (TPSA) is 72.4 Å². The molecule has 3 rings (SSSR count). The van der Waals surface area contributed by atoms with Gasteiger partial charge in [-0.1, -0.05) is 17.8 Å². The molecule has 0 aliphatic carbocycles. The number of aryl methyl sites for hydroxylation is 1. The number of fused-ring (bicyclic) bond motifs is 2. The monoisotopic (exact) mass is 267 g/mol. The second-order valence-electron chi connectivity index (χ2n) is 4.57. The molecule has 0 N–H and O–H groups in total. The first kappa shape index (κ1) is 11.6. The summed E-state index contributed by atoms with van der Waals surface area (Å²) < 4.78 is 8.92. The van der Waals surface area contributed by atoms with Gasteiger partial charge >= 0.3 is 5.97 Å². The van der Waals surface area contributed by atoms with Crippen LogP contribution in [0, 0.1) is 0 Å². The number of carbonyl (C=O) groups is 2. The van der Waals surface area contributed by atoms with E-state index in [0.717, 1.165) is 30.1 Å². The Labute approximate surface area is 108 Å². The minimum Gasteiger partial charge on any atom is -0.459 e. The molecule has 1 aromatic heterocycles. The van der Waals surface area contributed by atoms with Gasteiger partial charge in [0.05, 0.1) is 12.2 Å². The largest absolute Gasteiger partial charge is 0.459 e. The van der Waals surface area contributed by atoms with Crippen molar-refractivity contribution >= 4 is 23.4 Å². The minimum atomic E-state index is -0.404. The number of likely N-dealkylation sites (tertiary alicyclic amines) is 1. The van der Waals surface area contributed by atoms with E-state index in [2.05, 4.69) is 9.59 Å². The maximum Gasteiger partial charge on any atom is 0.329 e. The lowest BCUT2D eigenvalue weighted by atomic mass is 10.2. The first-order chi connectivity index (χ1) is 8.70. The highest BCUT2D eigenvalue weighted by Crippen LogP contribution is 2.31. The number of amides is 1. The van der Waals surface area contributed by atoms with E-state index < -0.39 is 6.04 Å². The number of ether oxygens (including phenoxy) is 1. The standard InChI is InChI=1S/C11H13N3O3S/c1-2-3-7-9(18-13-12-7)10(15)14-5-6-4-8(14)11(16)17-6/h6,8H,2-5H2,1H3. The summed E-state index contributed by atoms with van der Waals surface area (Å²) in [6, 6.07) is -0.404. The van der Waals surface area contributed by atoms with Gasteiger partial charge in [0.25, 0.3) is 5.91 Å². The Morgan fingerprint density at radius 3 is 3.11 bits per heavy atom. The molecule has 18 heavy (non-hydrogen) atoms. The van der Waals surface area contributed by atoms with Crippen molar-refractivity contribution in [3.05, 3.63) is 10.6 Å². The summed E-state index contributed by atoms with van der Waals surface area (Å²) >= 11 is 1.11. The van der Waals surface area contributed by atoms with Gasteiger partial charge in [-0.15, -0.1) is 5.10 Å². The lowest BCUT2D eigenvalue weighted by molar-refractivity contribution is -0.149. The maximum atomic E-state index is 12.4. The van der Waals surface area contributed by atoms with Crippen LogP contribution >= 0.6 is 11.5 Å². The molecule has 96 valence electrons. The van der Waals surface area contributed by atoms with Gasteiger partial charge in [0.2, 0.25) is 0 Å². The highest BCUT2D eigenvalue weighted by atomic mass is 32.1. The normalized spacial score (nSPS) is 25.6. The maximum absolute atomic E-state index is 12.4. The van der Waals surface area contributed by atoms with Crippen molar-refractivity contribution in [3.8, 4) is 0 Å². The smallest absolute Gasteiger partial charge is 0.329 e. The molecule has 0 spiro atoms. The van der Waals surface area contributed by atoms with E-state index in [4.69, 9.17) is 4.74 Å². The summed E-state index contributed by atoms with van der Waals surface area (Å²) in [7, 11) is 0. The number of aromatic nitrogens is 2. The van der Waals surface area contributed by atoms with Gasteiger partial charge in [0.1, 0.15) is 17.0 Å². The van der Waals surface area contributed by atoms with Gasteiger partial charge in [0.15, 0.2) is 0 Å². The van der Waals surface area contributed by atoms with Crippen LogP contribution in [-0.2, 0) is 16.0 Å². The quantitative estimate of drug-likeness (QED) is 0.751. The fraction of sp³-hybridized carbons (Fsp3) is 0.636. The highest BCUT2D eigenvalue weighted by molar-refractivity contribution is 7.08. The van der Waals surface area contributed by atoms with E-state index in [1.165, 1.54) is 0 Å². The summed E-state index contributed by atoms with van der Waals surface area (Å²) in [6.45, 7) is 2.53. The molecule has 1 aromatic rings. The molecule has 2 saturated heterocycles. The Balaban J connectivity index is 1.83. The molecule has 0 saturated carbocycles. The van der Waals surface area contributed by atoms with Crippen LogP contribution in [0.2, 0.25) is 0 Å². The number of nitrogens with zero attached hydrogens (tertiary/aromatic N) is 3. The van der Waals surface area contributed by atoms with E-state index >= 15 is 0 Å². The van der Waals surface area contributed by atoms with E-state index in [1.54, 1.807) is 4.90 Å². The molecular weight excluding hydrogens is 254 g/mol. The van der Waals surface area contributed by atoms with Gasteiger partial charge in [-0.25, -0.2) is 4.79 Å². The van der Waals surface area contributed by atoms with Crippen LogP contribution in [0.1, 0.15) is 35.1 Å². The predicted molar refractivity (Wildman–Crippen MR) is 63.2 cm³/mol. The zero-order valence-corrected chi connectivity index (χ0v) is 10.8. The van der Waals surface area contributed by atoms with Gasteiger partial charge in [0, 0.05) is 6.42 Å². The molecule has 6 nitrogen and oxygen atoms in total. The summed E-state index contributed by atoms with van der Waals surface area (Å²) in [5.41, 5.74) is 0.739. The summed E-state index contributed by atoms with van der Waals surface area (Å²) in [4.78, 5) is 26.0. The van der Waals surface area contributed by atoms with E-state index in [0.29, 0.717) is 17.8 Å². The Bertz CT molecular complexity index is 501. The Morgan fingerprint density at radius 2 is 2.44 bits per heavy atom. The average molecular weight is 267 g/mol. The highest BCUT2D eigenvalue weighted by Gasteiger charge is 2.49. The fourth-order valence-corrected chi connectivity index (χ4v) is 3.14. The van der Waals surface area contributed by atoms with Crippen LogP contribution in [-0.4, -0.2) is 45.1 Å². The van der Waals surface area contributed by atoms with E-state index in [-0.39, 0.29) is 18.0 Å². The molecule has 0 aromatic carbocycles. The van der Waals surface area contributed by atoms with Crippen molar-refractivity contribution in [1.29, 1.82) is 0 Å². The van der Waals surface area contributed by atoms with Crippen molar-refractivity contribution in [2.45, 2.75) is 38.3 Å². The zero-order valence-electron chi connectivity index (χ0n) is 9.96. The van der Waals surface area contributed by atoms with Gasteiger partial charge in [-0.05, 0) is 18.0 Å². The number of esters is 1. The lowest BCUT2D eigenvalue weighted by Crippen LogP contribution is -2.44. The molecule has 1 amide bonds. The van der Waals surface area contributed by atoms with Crippen LogP contribution < -0.4 is 0 Å². The second kappa shape index (κ2) is 4.31. The molecular formula is C11H13N3O3S. The molecule has 2 aliphatic heterocycles. The predicted octanol–water partition coefficient (Wildman–Crippen LogP) is 0.631. The third kappa shape index (κ3) is 1.69. The Hall–Kier alpha value is -1.50. The number of hydrogen-bond donors (Lipinski definition) is 0. The van der Waals surface area contributed by atoms with Gasteiger partial charge in [-0.2, -0.15) is 0 Å². The van der Waals surface area contributed by atoms with Crippen LogP contribution in [0.25, 0.3) is 0 Å². The van der Waals surface area contributed by atoms with Gasteiger partial charge < -0.3 is 9.64 Å². The van der Waals surface area contributed by atoms with Crippen molar-refractivity contribution in [2.24, 2.45) is 0 Å². The summed E-state index contributed by atoms with van der Waals surface area (Å²) in [5, 5.41) is 3.98. The molecule has 2 bridgehead atoms. The Morgan fingerprint density at radius 1 is 1.61 bits per heavy atom. The molecule has 7 heteroatoms. The third-order valence-electron chi connectivity index (χ3n) is 3.32. The summed E-state index contributed by atoms with van der Waals surface area (Å²) in [6.07, 6.45) is 2.16. The van der Waals surface area contributed by atoms with Crippen LogP contribution in [0.4, 0.5) is 0 Å². The number of hydrogen-bond acceptors (Lipinski definition) is 6. The van der Waals surface area contributed by atoms with Gasteiger partial charge in [-0.3, -0.25) is 4.79 Å². The molecule has 2 unspecified atom stereocenters. The zero-order chi connectivity index (χ0) is 12.7. The third-order valence-corrected chi connectivity index (χ3v) is 4.07. The van der Waals surface area contributed by atoms with Crippen LogP contribution in [0.15, 0.2) is 0 Å². The fourth-order valence-electron chi connectivity index (χ4n) is 2.48. The molecule has 0 radical (unpaired) electrons. The first-order valence-electron chi connectivity index (χ1n) is 6.03. The van der Waals surface area contributed by atoms with Crippen molar-refractivity contribution < 1.29 is 14.3 Å². The number of morpholine rings is 1. The molecule has 2 fully saturated rings. The number of carbonyl (C=O) groups excluding carboxylic acids is 2. The summed E-state index contributed by atoms with van der Waals surface area (Å²) in [5.74, 6) is -0.410. The number of rotatable bonds is 3. The van der Waals surface area contributed by atoms with Crippen molar-refractivity contribution in [2.75, 3.05) is 6.54 Å². The van der Waals surface area contributed by atoms with E-state index in [9.17, 15) is 9.59 Å². The Kier molecular flexibility index (Phi) is 2.77. The van der Waals surface area contributed by atoms with Crippen molar-refractivity contribution in [3.63, 3.8) is 0 Å².